The molecule has 118 valence electrons. The number of nitrogens with one attached hydrogen (secondary N) is 1. The lowest BCUT2D eigenvalue weighted by Gasteiger charge is -2.12. The molecule has 1 aromatic heterocycles. The molecule has 2 unspecified atom stereocenters. The third-order valence-corrected chi connectivity index (χ3v) is 3.82. The van der Waals surface area contributed by atoms with Crippen molar-refractivity contribution in [3.8, 4) is 11.4 Å². The van der Waals surface area contributed by atoms with E-state index in [1.165, 1.54) is 18.2 Å². The third-order valence-electron chi connectivity index (χ3n) is 3.53. The molecule has 4 nitrogen and oxygen atoms in total. The van der Waals surface area contributed by atoms with Gasteiger partial charge in [0.25, 0.3) is 0 Å². The molecule has 1 aliphatic heterocycles. The Hall–Kier alpha value is -1.67. The highest BCUT2D eigenvalue weighted by molar-refractivity contribution is 6.31. The van der Waals surface area contributed by atoms with Crippen LogP contribution in [0.3, 0.4) is 0 Å². The summed E-state index contributed by atoms with van der Waals surface area (Å²) in [4.78, 5) is 3.97. The summed E-state index contributed by atoms with van der Waals surface area (Å²) in [6.07, 6.45) is -4.47. The number of hydrogen-bond donors (Lipinski definition) is 1. The molecule has 2 atom stereocenters. The molecular formula is C13H10ClF4N3O. The van der Waals surface area contributed by atoms with E-state index in [9.17, 15) is 17.6 Å². The van der Waals surface area contributed by atoms with Gasteiger partial charge in [-0.1, -0.05) is 22.8 Å². The molecule has 22 heavy (non-hydrogen) atoms. The van der Waals surface area contributed by atoms with Crippen molar-refractivity contribution in [2.45, 2.75) is 18.6 Å². The highest BCUT2D eigenvalue weighted by Crippen LogP contribution is 2.37. The molecule has 1 aliphatic rings. The van der Waals surface area contributed by atoms with E-state index < -0.39 is 24.0 Å². The van der Waals surface area contributed by atoms with Crippen molar-refractivity contribution < 1.29 is 22.1 Å². The average molecular weight is 336 g/mol. The Labute approximate surface area is 127 Å². The summed E-state index contributed by atoms with van der Waals surface area (Å²) in [6.45, 7) is -0.211. The van der Waals surface area contributed by atoms with Crippen molar-refractivity contribution >= 4 is 11.6 Å². The summed E-state index contributed by atoms with van der Waals surface area (Å²) in [6, 6.07) is 3.60. The lowest BCUT2D eigenvalue weighted by Crippen LogP contribution is -2.24. The Balaban J connectivity index is 1.82. The quantitative estimate of drug-likeness (QED) is 0.849. The van der Waals surface area contributed by atoms with Crippen LogP contribution in [0.15, 0.2) is 22.7 Å². The molecule has 9 heteroatoms. The van der Waals surface area contributed by atoms with Crippen LogP contribution in [0.4, 0.5) is 17.6 Å². The van der Waals surface area contributed by atoms with Gasteiger partial charge in [0.2, 0.25) is 11.7 Å². The molecule has 3 rings (SSSR count). The minimum Gasteiger partial charge on any atom is -0.337 e. The number of halogens is 5. The van der Waals surface area contributed by atoms with Crippen molar-refractivity contribution in [3.05, 3.63) is 34.9 Å². The van der Waals surface area contributed by atoms with Crippen LogP contribution in [0.1, 0.15) is 18.4 Å². The molecule has 1 aromatic carbocycles. The van der Waals surface area contributed by atoms with Gasteiger partial charge in [0, 0.05) is 6.54 Å². The van der Waals surface area contributed by atoms with Crippen LogP contribution in [0.5, 0.6) is 0 Å². The first-order valence-electron chi connectivity index (χ1n) is 6.44. The van der Waals surface area contributed by atoms with Crippen LogP contribution in [0.2, 0.25) is 5.02 Å². The second-order valence-electron chi connectivity index (χ2n) is 4.99. The number of nitrogens with zero attached hydrogens (tertiary/aromatic N) is 2. The van der Waals surface area contributed by atoms with Crippen LogP contribution >= 0.6 is 11.6 Å². The lowest BCUT2D eigenvalue weighted by atomic mass is 10.1. The maximum Gasteiger partial charge on any atom is 0.393 e. The Morgan fingerprint density at radius 1 is 1.32 bits per heavy atom. The molecule has 1 fully saturated rings. The zero-order chi connectivity index (χ0) is 15.9. The van der Waals surface area contributed by atoms with E-state index in [-0.39, 0.29) is 35.3 Å². The first-order chi connectivity index (χ1) is 10.4. The van der Waals surface area contributed by atoms with Gasteiger partial charge in [0.05, 0.1) is 22.5 Å². The highest BCUT2D eigenvalue weighted by Gasteiger charge is 2.45. The Morgan fingerprint density at radius 2 is 2.09 bits per heavy atom. The van der Waals surface area contributed by atoms with Crippen molar-refractivity contribution in [1.82, 2.24) is 15.5 Å². The van der Waals surface area contributed by atoms with Gasteiger partial charge in [0.1, 0.15) is 0 Å². The maximum absolute atomic E-state index is 13.9. The van der Waals surface area contributed by atoms with E-state index >= 15 is 0 Å². The first-order valence-corrected chi connectivity index (χ1v) is 6.82. The predicted octanol–water partition coefficient (Wildman–Crippen LogP) is 3.74. The molecule has 1 N–H and O–H groups in total. The van der Waals surface area contributed by atoms with E-state index in [0.717, 1.165) is 0 Å². The largest absolute Gasteiger partial charge is 0.393 e. The molecule has 0 saturated carbocycles. The summed E-state index contributed by atoms with van der Waals surface area (Å²) in [5.74, 6) is -2.21. The number of benzene rings is 1. The smallest absolute Gasteiger partial charge is 0.337 e. The SMILES string of the molecule is Fc1c(Cl)cccc1-c1noc(C2CC(C(F)(F)F)CN2)n1. The second-order valence-corrected chi connectivity index (χ2v) is 5.40. The monoisotopic (exact) mass is 335 g/mol. The summed E-state index contributed by atoms with van der Waals surface area (Å²) >= 11 is 5.67. The molecule has 0 radical (unpaired) electrons. The summed E-state index contributed by atoms with van der Waals surface area (Å²) in [7, 11) is 0. The van der Waals surface area contributed by atoms with Gasteiger partial charge >= 0.3 is 6.18 Å². The van der Waals surface area contributed by atoms with Crippen molar-refractivity contribution in [3.63, 3.8) is 0 Å². The predicted molar refractivity (Wildman–Crippen MR) is 69.6 cm³/mol. The van der Waals surface area contributed by atoms with E-state index in [2.05, 4.69) is 15.5 Å². The standard InChI is InChI=1S/C13H10ClF4N3O/c14-8-3-1-2-7(10(8)15)11-20-12(22-21-11)9-4-6(5-19-9)13(16,17)18/h1-3,6,9,19H,4-5H2. The van der Waals surface area contributed by atoms with E-state index in [4.69, 9.17) is 16.1 Å². The van der Waals surface area contributed by atoms with Crippen LogP contribution in [0, 0.1) is 11.7 Å². The molecule has 2 heterocycles. The normalized spacial score (nSPS) is 22.2. The van der Waals surface area contributed by atoms with Crippen molar-refractivity contribution in [2.75, 3.05) is 6.54 Å². The molecule has 0 aliphatic carbocycles. The molecule has 2 aromatic rings. The van der Waals surface area contributed by atoms with Gasteiger partial charge in [0.15, 0.2) is 5.82 Å². The van der Waals surface area contributed by atoms with Crippen molar-refractivity contribution in [2.24, 2.45) is 5.92 Å². The second kappa shape index (κ2) is 5.51. The summed E-state index contributed by atoms with van der Waals surface area (Å²) in [5, 5.41) is 6.20. The fraction of sp³-hybridized carbons (Fsp3) is 0.385. The van der Waals surface area contributed by atoms with Crippen LogP contribution in [0.25, 0.3) is 11.4 Å². The zero-order valence-electron chi connectivity index (χ0n) is 11.0. The third kappa shape index (κ3) is 2.80. The van der Waals surface area contributed by atoms with E-state index in [1.54, 1.807) is 0 Å². The van der Waals surface area contributed by atoms with Gasteiger partial charge in [-0.2, -0.15) is 18.2 Å². The average Bonchev–Trinajstić information content (AvgIpc) is 3.08. The first kappa shape index (κ1) is 15.2. The van der Waals surface area contributed by atoms with Crippen LogP contribution in [-0.4, -0.2) is 22.9 Å². The highest BCUT2D eigenvalue weighted by atomic mass is 35.5. The molecule has 0 spiro atoms. The van der Waals surface area contributed by atoms with Gasteiger partial charge in [-0.3, -0.25) is 0 Å². The number of rotatable bonds is 2. The number of hydrogen-bond acceptors (Lipinski definition) is 4. The Morgan fingerprint density at radius 3 is 2.77 bits per heavy atom. The van der Waals surface area contributed by atoms with Gasteiger partial charge in [-0.05, 0) is 18.6 Å². The van der Waals surface area contributed by atoms with Gasteiger partial charge < -0.3 is 9.84 Å². The molecule has 0 amide bonds. The summed E-state index contributed by atoms with van der Waals surface area (Å²) < 4.78 is 56.8. The van der Waals surface area contributed by atoms with Crippen LogP contribution < -0.4 is 5.32 Å². The minimum absolute atomic E-state index is 0.00104. The molecule has 0 bridgehead atoms. The number of alkyl halides is 3. The summed E-state index contributed by atoms with van der Waals surface area (Å²) in [5.41, 5.74) is 0.0351. The Bertz CT molecular complexity index is 688. The lowest BCUT2D eigenvalue weighted by molar-refractivity contribution is -0.169. The van der Waals surface area contributed by atoms with Gasteiger partial charge in [-0.25, -0.2) is 4.39 Å². The zero-order valence-corrected chi connectivity index (χ0v) is 11.7. The van der Waals surface area contributed by atoms with Crippen molar-refractivity contribution in [1.29, 1.82) is 0 Å². The molecular weight excluding hydrogens is 326 g/mol. The molecule has 1 saturated heterocycles. The maximum atomic E-state index is 13.9. The number of aromatic nitrogens is 2. The fourth-order valence-corrected chi connectivity index (χ4v) is 2.51. The minimum atomic E-state index is -4.27. The van der Waals surface area contributed by atoms with Crippen LogP contribution in [-0.2, 0) is 0 Å². The van der Waals surface area contributed by atoms with Gasteiger partial charge in [-0.15, -0.1) is 0 Å². The Kier molecular flexibility index (Phi) is 3.82. The van der Waals surface area contributed by atoms with E-state index in [1.807, 2.05) is 0 Å². The topological polar surface area (TPSA) is 51.0 Å². The van der Waals surface area contributed by atoms with E-state index in [0.29, 0.717) is 0 Å². The fourth-order valence-electron chi connectivity index (χ4n) is 2.34.